The van der Waals surface area contributed by atoms with E-state index in [4.69, 9.17) is 5.11 Å². The van der Waals surface area contributed by atoms with Crippen LogP contribution in [0.1, 0.15) is 40.9 Å². The lowest BCUT2D eigenvalue weighted by Crippen LogP contribution is -1.99. The van der Waals surface area contributed by atoms with Gasteiger partial charge < -0.3 is 9.67 Å². The van der Waals surface area contributed by atoms with Crippen molar-refractivity contribution in [2.24, 2.45) is 7.05 Å². The Bertz CT molecular complexity index is 366. The molecule has 3 heteroatoms. The smallest absolute Gasteiger partial charge is 0.337 e. The van der Waals surface area contributed by atoms with Crippen molar-refractivity contribution in [2.45, 2.75) is 32.1 Å². The van der Waals surface area contributed by atoms with Gasteiger partial charge in [0.2, 0.25) is 0 Å². The van der Waals surface area contributed by atoms with Crippen molar-refractivity contribution in [3.8, 4) is 0 Å². The fourth-order valence-electron chi connectivity index (χ4n) is 2.28. The summed E-state index contributed by atoms with van der Waals surface area (Å²) in [6.07, 6.45) is 7.23. The van der Waals surface area contributed by atoms with Crippen molar-refractivity contribution in [1.29, 1.82) is 0 Å². The van der Waals surface area contributed by atoms with Crippen LogP contribution in [0.5, 0.6) is 0 Å². The van der Waals surface area contributed by atoms with E-state index < -0.39 is 5.97 Å². The minimum Gasteiger partial charge on any atom is -0.478 e. The molecule has 0 saturated heterocycles. The van der Waals surface area contributed by atoms with E-state index in [1.165, 1.54) is 18.5 Å². The topological polar surface area (TPSA) is 42.2 Å². The highest BCUT2D eigenvalue weighted by Crippen LogP contribution is 2.24. The molecule has 0 saturated carbocycles. The highest BCUT2D eigenvalue weighted by Gasteiger charge is 2.19. The summed E-state index contributed by atoms with van der Waals surface area (Å²) in [6.45, 7) is 0. The third-order valence-corrected chi connectivity index (χ3v) is 2.99. The Kier molecular flexibility index (Phi) is 2.32. The van der Waals surface area contributed by atoms with Gasteiger partial charge in [-0.2, -0.15) is 0 Å². The van der Waals surface area contributed by atoms with E-state index in [1.54, 1.807) is 6.20 Å². The third-order valence-electron chi connectivity index (χ3n) is 2.99. The van der Waals surface area contributed by atoms with E-state index in [9.17, 15) is 4.79 Å². The number of aromatic nitrogens is 1. The third kappa shape index (κ3) is 1.43. The van der Waals surface area contributed by atoms with Gasteiger partial charge in [-0.25, -0.2) is 4.79 Å². The van der Waals surface area contributed by atoms with Crippen molar-refractivity contribution >= 4 is 5.97 Å². The molecule has 0 aliphatic heterocycles. The number of hydrogen-bond donors (Lipinski definition) is 1. The van der Waals surface area contributed by atoms with Gasteiger partial charge in [0.25, 0.3) is 0 Å². The van der Waals surface area contributed by atoms with Gasteiger partial charge in [0, 0.05) is 18.9 Å². The SMILES string of the molecule is Cn1cc(C(=O)O)c2c1CCCCC2. The van der Waals surface area contributed by atoms with Gasteiger partial charge in [0.15, 0.2) is 0 Å². The first-order chi connectivity index (χ1) is 6.70. The molecular weight excluding hydrogens is 178 g/mol. The first-order valence-electron chi connectivity index (χ1n) is 5.10. The number of aromatic carboxylic acids is 1. The summed E-state index contributed by atoms with van der Waals surface area (Å²) >= 11 is 0. The molecule has 0 aromatic carbocycles. The van der Waals surface area contributed by atoms with E-state index in [1.807, 2.05) is 11.6 Å². The molecule has 0 unspecified atom stereocenters. The van der Waals surface area contributed by atoms with Crippen LogP contribution in [0.15, 0.2) is 6.20 Å². The zero-order valence-corrected chi connectivity index (χ0v) is 8.42. The molecule has 0 bridgehead atoms. The molecular formula is C11H15NO2. The number of aryl methyl sites for hydroxylation is 1. The second-order valence-corrected chi connectivity index (χ2v) is 3.94. The van der Waals surface area contributed by atoms with Gasteiger partial charge >= 0.3 is 5.97 Å². The molecule has 1 aromatic rings. The summed E-state index contributed by atoms with van der Waals surface area (Å²) in [5.41, 5.74) is 2.79. The Morgan fingerprint density at radius 3 is 2.79 bits per heavy atom. The molecule has 1 aliphatic carbocycles. The van der Waals surface area contributed by atoms with E-state index in [0.717, 1.165) is 24.8 Å². The second-order valence-electron chi connectivity index (χ2n) is 3.94. The number of carboxylic acid groups (broad SMARTS) is 1. The lowest BCUT2D eigenvalue weighted by molar-refractivity contribution is 0.0695. The van der Waals surface area contributed by atoms with Crippen molar-refractivity contribution in [3.63, 3.8) is 0 Å². The first kappa shape index (κ1) is 9.31. The molecule has 0 fully saturated rings. The van der Waals surface area contributed by atoms with Crippen LogP contribution in [0.3, 0.4) is 0 Å². The van der Waals surface area contributed by atoms with Crippen LogP contribution in [0.25, 0.3) is 0 Å². The molecule has 0 radical (unpaired) electrons. The van der Waals surface area contributed by atoms with Crippen LogP contribution in [0, 0.1) is 0 Å². The van der Waals surface area contributed by atoms with Crippen LogP contribution >= 0.6 is 0 Å². The Morgan fingerprint density at radius 1 is 1.36 bits per heavy atom. The summed E-state index contributed by atoms with van der Waals surface area (Å²) in [4.78, 5) is 11.0. The van der Waals surface area contributed by atoms with Crippen LogP contribution < -0.4 is 0 Å². The standard InChI is InChI=1S/C11H15NO2/c1-12-7-9(11(13)14)8-5-3-2-4-6-10(8)12/h7H,2-6H2,1H3,(H,13,14). The Balaban J connectivity index is 2.49. The maximum absolute atomic E-state index is 11.0. The number of carboxylic acids is 1. The van der Waals surface area contributed by atoms with Crippen molar-refractivity contribution in [2.75, 3.05) is 0 Å². The minimum atomic E-state index is -0.788. The van der Waals surface area contributed by atoms with Gasteiger partial charge in [-0.05, 0) is 31.2 Å². The Labute approximate surface area is 83.4 Å². The quantitative estimate of drug-likeness (QED) is 0.693. The Morgan fingerprint density at radius 2 is 2.07 bits per heavy atom. The number of nitrogens with zero attached hydrogens (tertiary/aromatic N) is 1. The summed E-state index contributed by atoms with van der Waals surface area (Å²) in [7, 11) is 1.94. The van der Waals surface area contributed by atoms with E-state index >= 15 is 0 Å². The normalized spacial score (nSPS) is 16.1. The van der Waals surface area contributed by atoms with Gasteiger partial charge in [-0.15, -0.1) is 0 Å². The monoisotopic (exact) mass is 193 g/mol. The molecule has 1 N–H and O–H groups in total. The Hall–Kier alpha value is -1.25. The highest BCUT2D eigenvalue weighted by atomic mass is 16.4. The average molecular weight is 193 g/mol. The van der Waals surface area contributed by atoms with Gasteiger partial charge in [0.1, 0.15) is 0 Å². The number of hydrogen-bond acceptors (Lipinski definition) is 1. The van der Waals surface area contributed by atoms with Crippen molar-refractivity contribution in [1.82, 2.24) is 4.57 Å². The highest BCUT2D eigenvalue weighted by molar-refractivity contribution is 5.89. The van der Waals surface area contributed by atoms with E-state index in [0.29, 0.717) is 5.56 Å². The summed E-state index contributed by atoms with van der Waals surface area (Å²) < 4.78 is 1.98. The van der Waals surface area contributed by atoms with E-state index in [2.05, 4.69) is 0 Å². The fraction of sp³-hybridized carbons (Fsp3) is 0.545. The summed E-state index contributed by atoms with van der Waals surface area (Å²) in [6, 6.07) is 0. The largest absolute Gasteiger partial charge is 0.478 e. The average Bonchev–Trinajstić information content (AvgIpc) is 2.38. The van der Waals surface area contributed by atoms with Gasteiger partial charge in [-0.1, -0.05) is 6.42 Å². The van der Waals surface area contributed by atoms with Crippen molar-refractivity contribution in [3.05, 3.63) is 23.0 Å². The molecule has 0 spiro atoms. The lowest BCUT2D eigenvalue weighted by Gasteiger charge is -2.02. The minimum absolute atomic E-state index is 0.504. The van der Waals surface area contributed by atoms with E-state index in [-0.39, 0.29) is 0 Å². The van der Waals surface area contributed by atoms with Crippen LogP contribution in [0.2, 0.25) is 0 Å². The molecule has 76 valence electrons. The second kappa shape index (κ2) is 3.48. The molecule has 0 amide bonds. The number of rotatable bonds is 1. The lowest BCUT2D eigenvalue weighted by atomic mass is 10.1. The van der Waals surface area contributed by atoms with Gasteiger partial charge in [-0.3, -0.25) is 0 Å². The molecule has 2 rings (SSSR count). The molecule has 1 aliphatic rings. The molecule has 1 heterocycles. The predicted molar refractivity (Wildman–Crippen MR) is 53.6 cm³/mol. The molecule has 1 aromatic heterocycles. The summed E-state index contributed by atoms with van der Waals surface area (Å²) in [5, 5.41) is 9.03. The molecule has 3 nitrogen and oxygen atoms in total. The molecule has 14 heavy (non-hydrogen) atoms. The zero-order valence-electron chi connectivity index (χ0n) is 8.42. The maximum atomic E-state index is 11.0. The zero-order chi connectivity index (χ0) is 10.1. The fourth-order valence-corrected chi connectivity index (χ4v) is 2.28. The predicted octanol–water partition coefficient (Wildman–Crippen LogP) is 1.99. The summed E-state index contributed by atoms with van der Waals surface area (Å²) in [5.74, 6) is -0.788. The maximum Gasteiger partial charge on any atom is 0.337 e. The van der Waals surface area contributed by atoms with Crippen LogP contribution in [0.4, 0.5) is 0 Å². The molecule has 0 atom stereocenters. The first-order valence-corrected chi connectivity index (χ1v) is 5.10. The number of fused-ring (bicyclic) bond motifs is 1. The van der Waals surface area contributed by atoms with Gasteiger partial charge in [0.05, 0.1) is 5.56 Å². The number of carbonyl (C=O) groups is 1. The van der Waals surface area contributed by atoms with Crippen LogP contribution in [-0.4, -0.2) is 15.6 Å². The van der Waals surface area contributed by atoms with Crippen molar-refractivity contribution < 1.29 is 9.90 Å². The van der Waals surface area contributed by atoms with Crippen LogP contribution in [-0.2, 0) is 19.9 Å².